The summed E-state index contributed by atoms with van der Waals surface area (Å²) < 4.78 is 17.3. The minimum absolute atomic E-state index is 0.289. The first-order valence-electron chi connectivity index (χ1n) is 4.86. The lowest BCUT2D eigenvalue weighted by molar-refractivity contribution is 0.152. The molecule has 0 bridgehead atoms. The number of halogens is 1. The Balaban J connectivity index is 2.63. The molecule has 16 heavy (non-hydrogen) atoms. The largest absolute Gasteiger partial charge is 0.449 e. The number of nitrogens with one attached hydrogen (secondary N) is 1. The van der Waals surface area contributed by atoms with Crippen LogP contribution < -0.4 is 5.43 Å². The lowest BCUT2D eigenvalue weighted by atomic mass is 10.1. The van der Waals surface area contributed by atoms with Gasteiger partial charge in [0.2, 0.25) is 0 Å². The molecule has 1 aromatic carbocycles. The van der Waals surface area contributed by atoms with Crippen LogP contribution >= 0.6 is 0 Å². The van der Waals surface area contributed by atoms with Crippen LogP contribution in [0.5, 0.6) is 0 Å². The Hall–Kier alpha value is -1.91. The first kappa shape index (κ1) is 12.2. The predicted octanol–water partition coefficient (Wildman–Crippen LogP) is 2.30. The molecule has 0 fully saturated rings. The number of nitrogens with zero attached hydrogens (tertiary/aromatic N) is 1. The van der Waals surface area contributed by atoms with Crippen LogP contribution in [-0.4, -0.2) is 18.4 Å². The highest BCUT2D eigenvalue weighted by atomic mass is 19.1. The van der Waals surface area contributed by atoms with Crippen molar-refractivity contribution in [1.82, 2.24) is 5.43 Å². The van der Waals surface area contributed by atoms with Gasteiger partial charge in [0.15, 0.2) is 0 Å². The summed E-state index contributed by atoms with van der Waals surface area (Å²) >= 11 is 0. The topological polar surface area (TPSA) is 50.7 Å². The number of rotatable bonds is 3. The van der Waals surface area contributed by atoms with E-state index in [1.54, 1.807) is 26.0 Å². The number of carbonyl (C=O) groups excluding carboxylic acids is 1. The lowest BCUT2D eigenvalue weighted by Crippen LogP contribution is -2.20. The molecule has 1 rings (SSSR count). The van der Waals surface area contributed by atoms with Crippen LogP contribution in [0.3, 0.4) is 0 Å². The molecule has 0 aromatic heterocycles. The Morgan fingerprint density at radius 1 is 1.44 bits per heavy atom. The van der Waals surface area contributed by atoms with E-state index in [0.717, 1.165) is 5.56 Å². The van der Waals surface area contributed by atoms with Crippen molar-refractivity contribution in [3.05, 3.63) is 35.6 Å². The van der Waals surface area contributed by atoms with Crippen molar-refractivity contribution in [3.8, 4) is 0 Å². The molecular formula is C11H13FN2O2. The number of ether oxygens (including phenoxy) is 1. The molecule has 0 aliphatic heterocycles. The minimum atomic E-state index is -0.607. The van der Waals surface area contributed by atoms with Gasteiger partial charge in [0.25, 0.3) is 0 Å². The average Bonchev–Trinajstić information content (AvgIpc) is 2.27. The molecule has 4 nitrogen and oxygen atoms in total. The van der Waals surface area contributed by atoms with Gasteiger partial charge in [-0.2, -0.15) is 5.10 Å². The Morgan fingerprint density at radius 3 is 2.62 bits per heavy atom. The van der Waals surface area contributed by atoms with E-state index >= 15 is 0 Å². The van der Waals surface area contributed by atoms with E-state index in [2.05, 4.69) is 15.3 Å². The number of carbonyl (C=O) groups is 1. The molecule has 0 unspecified atom stereocenters. The van der Waals surface area contributed by atoms with Gasteiger partial charge >= 0.3 is 6.09 Å². The van der Waals surface area contributed by atoms with E-state index in [-0.39, 0.29) is 12.4 Å². The van der Waals surface area contributed by atoms with Crippen molar-refractivity contribution in [2.75, 3.05) is 6.61 Å². The molecule has 0 radical (unpaired) electrons. The van der Waals surface area contributed by atoms with Crippen LogP contribution in [0.25, 0.3) is 0 Å². The van der Waals surface area contributed by atoms with Crippen LogP contribution in [-0.2, 0) is 4.74 Å². The first-order chi connectivity index (χ1) is 7.63. The van der Waals surface area contributed by atoms with E-state index in [1.807, 2.05) is 0 Å². The standard InChI is InChI=1S/C11H13FN2O2/c1-3-16-11(15)14-13-8(2)9-4-6-10(12)7-5-9/h4-7H,3H2,1-2H3,(H,14,15)/b13-8+. The predicted molar refractivity (Wildman–Crippen MR) is 58.8 cm³/mol. The highest BCUT2D eigenvalue weighted by Gasteiger charge is 2.00. The Labute approximate surface area is 93.1 Å². The van der Waals surface area contributed by atoms with Crippen LogP contribution in [0.15, 0.2) is 29.4 Å². The highest BCUT2D eigenvalue weighted by Crippen LogP contribution is 2.03. The summed E-state index contributed by atoms with van der Waals surface area (Å²) in [7, 11) is 0. The Bertz CT molecular complexity index is 387. The van der Waals surface area contributed by atoms with Crippen molar-refractivity contribution in [1.29, 1.82) is 0 Å². The fourth-order valence-electron chi connectivity index (χ4n) is 1.05. The summed E-state index contributed by atoms with van der Waals surface area (Å²) in [4.78, 5) is 10.9. The maximum atomic E-state index is 12.6. The molecule has 0 aliphatic carbocycles. The molecule has 0 atom stereocenters. The lowest BCUT2D eigenvalue weighted by Gasteiger charge is -2.02. The SMILES string of the molecule is CCOC(=O)N/N=C(\C)c1ccc(F)cc1. The molecule has 0 saturated carbocycles. The van der Waals surface area contributed by atoms with Crippen molar-refractivity contribution in [3.63, 3.8) is 0 Å². The highest BCUT2D eigenvalue weighted by molar-refractivity contribution is 5.98. The molecule has 86 valence electrons. The number of benzene rings is 1. The van der Waals surface area contributed by atoms with Gasteiger partial charge in [0.1, 0.15) is 5.82 Å². The summed E-state index contributed by atoms with van der Waals surface area (Å²) in [5.41, 5.74) is 3.54. The van der Waals surface area contributed by atoms with Crippen LogP contribution in [0, 0.1) is 5.82 Å². The molecule has 1 amide bonds. The van der Waals surface area contributed by atoms with Gasteiger partial charge in [-0.05, 0) is 31.5 Å². The van der Waals surface area contributed by atoms with Crippen molar-refractivity contribution in [2.45, 2.75) is 13.8 Å². The second-order valence-corrected chi connectivity index (χ2v) is 3.04. The molecule has 0 aliphatic rings. The molecule has 0 saturated heterocycles. The minimum Gasteiger partial charge on any atom is -0.449 e. The third-order valence-electron chi connectivity index (χ3n) is 1.85. The third kappa shape index (κ3) is 3.68. The van der Waals surface area contributed by atoms with Gasteiger partial charge < -0.3 is 4.74 Å². The summed E-state index contributed by atoms with van der Waals surface area (Å²) in [6, 6.07) is 5.83. The van der Waals surface area contributed by atoms with Crippen LogP contribution in [0.1, 0.15) is 19.4 Å². The second kappa shape index (κ2) is 5.85. The zero-order valence-corrected chi connectivity index (χ0v) is 9.16. The van der Waals surface area contributed by atoms with E-state index in [9.17, 15) is 9.18 Å². The van der Waals surface area contributed by atoms with Gasteiger partial charge in [0, 0.05) is 0 Å². The van der Waals surface area contributed by atoms with Crippen molar-refractivity contribution >= 4 is 11.8 Å². The number of amides is 1. The normalized spacial score (nSPS) is 11.1. The average molecular weight is 224 g/mol. The maximum Gasteiger partial charge on any atom is 0.427 e. The van der Waals surface area contributed by atoms with E-state index < -0.39 is 6.09 Å². The van der Waals surface area contributed by atoms with Gasteiger partial charge in [-0.25, -0.2) is 14.6 Å². The maximum absolute atomic E-state index is 12.6. The fourth-order valence-corrected chi connectivity index (χ4v) is 1.05. The van der Waals surface area contributed by atoms with Crippen LogP contribution in [0.4, 0.5) is 9.18 Å². The first-order valence-corrected chi connectivity index (χ1v) is 4.86. The van der Waals surface area contributed by atoms with E-state index in [0.29, 0.717) is 5.71 Å². The monoisotopic (exact) mass is 224 g/mol. The van der Waals surface area contributed by atoms with Gasteiger partial charge in [-0.1, -0.05) is 12.1 Å². The zero-order chi connectivity index (χ0) is 12.0. The summed E-state index contributed by atoms with van der Waals surface area (Å²) in [5, 5.41) is 3.81. The van der Waals surface area contributed by atoms with Crippen molar-refractivity contribution in [2.24, 2.45) is 5.10 Å². The fraction of sp³-hybridized carbons (Fsp3) is 0.273. The van der Waals surface area contributed by atoms with Gasteiger partial charge in [0.05, 0.1) is 12.3 Å². The summed E-state index contributed by atoms with van der Waals surface area (Å²) in [6.07, 6.45) is -0.607. The molecule has 5 heteroatoms. The number of hydrazone groups is 1. The van der Waals surface area contributed by atoms with E-state index in [4.69, 9.17) is 0 Å². The molecular weight excluding hydrogens is 211 g/mol. The number of hydrogen-bond acceptors (Lipinski definition) is 3. The molecule has 0 spiro atoms. The molecule has 1 aromatic rings. The Morgan fingerprint density at radius 2 is 2.06 bits per heavy atom. The van der Waals surface area contributed by atoms with Gasteiger partial charge in [-0.3, -0.25) is 0 Å². The summed E-state index contributed by atoms with van der Waals surface area (Å²) in [5.74, 6) is -0.310. The van der Waals surface area contributed by atoms with Gasteiger partial charge in [-0.15, -0.1) is 0 Å². The third-order valence-corrected chi connectivity index (χ3v) is 1.85. The summed E-state index contributed by atoms with van der Waals surface area (Å²) in [6.45, 7) is 3.70. The zero-order valence-electron chi connectivity index (χ0n) is 9.16. The van der Waals surface area contributed by atoms with Crippen LogP contribution in [0.2, 0.25) is 0 Å². The second-order valence-electron chi connectivity index (χ2n) is 3.04. The number of hydrogen-bond donors (Lipinski definition) is 1. The van der Waals surface area contributed by atoms with Crippen molar-refractivity contribution < 1.29 is 13.9 Å². The van der Waals surface area contributed by atoms with E-state index in [1.165, 1.54) is 12.1 Å². The quantitative estimate of drug-likeness (QED) is 0.632. The Kier molecular flexibility index (Phi) is 4.44. The molecule has 1 N–H and O–H groups in total. The molecule has 0 heterocycles. The smallest absolute Gasteiger partial charge is 0.427 e.